The summed E-state index contributed by atoms with van der Waals surface area (Å²) in [6.07, 6.45) is 1.59. The number of amides is 1. The molecule has 0 spiro atoms. The van der Waals surface area contributed by atoms with Crippen molar-refractivity contribution in [1.29, 1.82) is 0 Å². The molecule has 116 valence electrons. The zero-order valence-electron chi connectivity index (χ0n) is 12.4. The number of carbonyl (C=O) groups is 1. The third-order valence-electron chi connectivity index (χ3n) is 3.39. The maximum absolute atomic E-state index is 11.2. The largest absolute Gasteiger partial charge is 0.371 e. The summed E-state index contributed by atoms with van der Waals surface area (Å²) in [4.78, 5) is 16.7. The Bertz CT molecular complexity index is 783. The molecule has 0 radical (unpaired) electrons. The van der Waals surface area contributed by atoms with Crippen molar-refractivity contribution in [2.24, 2.45) is 5.73 Å². The number of hydrogen-bond acceptors (Lipinski definition) is 4. The van der Waals surface area contributed by atoms with Crippen LogP contribution < -0.4 is 5.73 Å². The molecule has 0 bridgehead atoms. The number of pyridine rings is 1. The van der Waals surface area contributed by atoms with E-state index >= 15 is 0 Å². The monoisotopic (exact) mass is 324 g/mol. The fraction of sp³-hybridized carbons (Fsp3) is 0.111. The van der Waals surface area contributed by atoms with Gasteiger partial charge in [0.25, 0.3) is 0 Å². The Morgan fingerprint density at radius 1 is 1.13 bits per heavy atom. The number of carbonyl (C=O) groups excluding carboxylic acids is 1. The molecule has 0 unspecified atom stereocenters. The fourth-order valence-electron chi connectivity index (χ4n) is 2.18. The molecule has 3 aromatic rings. The second-order valence-corrected chi connectivity index (χ2v) is 6.10. The molecule has 1 aromatic carbocycles. The SMILES string of the molecule is NC(=O)c1ccnc(-c2ccc(COCc3cccs3)cc2)c1. The molecule has 0 fully saturated rings. The van der Waals surface area contributed by atoms with Crippen molar-refractivity contribution >= 4 is 17.2 Å². The van der Waals surface area contributed by atoms with Gasteiger partial charge in [-0.15, -0.1) is 11.3 Å². The zero-order chi connectivity index (χ0) is 16.1. The third kappa shape index (κ3) is 4.03. The van der Waals surface area contributed by atoms with Crippen LogP contribution in [0.4, 0.5) is 0 Å². The average molecular weight is 324 g/mol. The van der Waals surface area contributed by atoms with Crippen molar-refractivity contribution < 1.29 is 9.53 Å². The van der Waals surface area contributed by atoms with E-state index in [1.165, 1.54) is 4.88 Å². The summed E-state index contributed by atoms with van der Waals surface area (Å²) in [7, 11) is 0. The Balaban J connectivity index is 1.64. The van der Waals surface area contributed by atoms with Crippen LogP contribution in [-0.2, 0) is 18.0 Å². The van der Waals surface area contributed by atoms with E-state index in [0.717, 1.165) is 16.8 Å². The first-order valence-corrected chi connectivity index (χ1v) is 8.05. The first-order chi connectivity index (χ1) is 11.2. The Labute approximate surface area is 138 Å². The predicted molar refractivity (Wildman–Crippen MR) is 91.0 cm³/mol. The van der Waals surface area contributed by atoms with Gasteiger partial charge in [-0.25, -0.2) is 0 Å². The molecule has 5 heteroatoms. The second kappa shape index (κ2) is 7.17. The molecule has 2 N–H and O–H groups in total. The smallest absolute Gasteiger partial charge is 0.248 e. The standard InChI is InChI=1S/C18H16N2O2S/c19-18(21)15-7-8-20-17(10-15)14-5-3-13(4-6-14)11-22-12-16-2-1-9-23-16/h1-10H,11-12H2,(H2,19,21). The average Bonchev–Trinajstić information content (AvgIpc) is 3.09. The van der Waals surface area contributed by atoms with Gasteiger partial charge >= 0.3 is 0 Å². The van der Waals surface area contributed by atoms with Crippen molar-refractivity contribution in [2.45, 2.75) is 13.2 Å². The van der Waals surface area contributed by atoms with E-state index in [9.17, 15) is 4.79 Å². The van der Waals surface area contributed by atoms with Crippen LogP contribution in [0, 0.1) is 0 Å². The number of rotatable bonds is 6. The van der Waals surface area contributed by atoms with E-state index in [4.69, 9.17) is 10.5 Å². The Morgan fingerprint density at radius 3 is 2.65 bits per heavy atom. The van der Waals surface area contributed by atoms with E-state index in [1.807, 2.05) is 35.7 Å². The van der Waals surface area contributed by atoms with Crippen LogP contribution in [-0.4, -0.2) is 10.9 Å². The topological polar surface area (TPSA) is 65.2 Å². The number of nitrogens with zero attached hydrogens (tertiary/aromatic N) is 1. The van der Waals surface area contributed by atoms with Crippen LogP contribution in [0.1, 0.15) is 20.8 Å². The molecule has 0 saturated carbocycles. The summed E-state index contributed by atoms with van der Waals surface area (Å²) in [5.41, 5.74) is 8.52. The predicted octanol–water partition coefficient (Wildman–Crippen LogP) is 3.63. The first-order valence-electron chi connectivity index (χ1n) is 7.17. The summed E-state index contributed by atoms with van der Waals surface area (Å²) in [5, 5.41) is 2.04. The summed E-state index contributed by atoms with van der Waals surface area (Å²) in [5.74, 6) is -0.452. The summed E-state index contributed by atoms with van der Waals surface area (Å²) >= 11 is 1.69. The van der Waals surface area contributed by atoms with E-state index in [2.05, 4.69) is 11.1 Å². The van der Waals surface area contributed by atoms with E-state index < -0.39 is 5.91 Å². The minimum atomic E-state index is -0.452. The quantitative estimate of drug-likeness (QED) is 0.753. The van der Waals surface area contributed by atoms with Crippen LogP contribution in [0.25, 0.3) is 11.3 Å². The van der Waals surface area contributed by atoms with Gasteiger partial charge in [0.15, 0.2) is 0 Å². The lowest BCUT2D eigenvalue weighted by atomic mass is 10.1. The van der Waals surface area contributed by atoms with Crippen LogP contribution in [0.3, 0.4) is 0 Å². The molecular weight excluding hydrogens is 308 g/mol. The van der Waals surface area contributed by atoms with Crippen LogP contribution >= 0.6 is 11.3 Å². The molecule has 23 heavy (non-hydrogen) atoms. The van der Waals surface area contributed by atoms with Gasteiger partial charge in [-0.05, 0) is 29.1 Å². The first kappa shape index (κ1) is 15.4. The van der Waals surface area contributed by atoms with Gasteiger partial charge in [0.1, 0.15) is 0 Å². The van der Waals surface area contributed by atoms with Gasteiger partial charge in [-0.1, -0.05) is 30.3 Å². The van der Waals surface area contributed by atoms with Gasteiger partial charge in [0.05, 0.1) is 18.9 Å². The van der Waals surface area contributed by atoms with Crippen molar-refractivity contribution in [2.75, 3.05) is 0 Å². The lowest BCUT2D eigenvalue weighted by Gasteiger charge is -2.06. The van der Waals surface area contributed by atoms with Crippen molar-refractivity contribution in [3.63, 3.8) is 0 Å². The Morgan fingerprint density at radius 2 is 1.96 bits per heavy atom. The molecule has 0 saturated heterocycles. The minimum Gasteiger partial charge on any atom is -0.371 e. The van der Waals surface area contributed by atoms with Crippen LogP contribution in [0.2, 0.25) is 0 Å². The molecule has 3 rings (SSSR count). The number of aromatic nitrogens is 1. The Kier molecular flexibility index (Phi) is 4.80. The number of thiophene rings is 1. The van der Waals surface area contributed by atoms with Crippen molar-refractivity contribution in [3.8, 4) is 11.3 Å². The minimum absolute atomic E-state index is 0.452. The van der Waals surface area contributed by atoms with Gasteiger partial charge in [0.2, 0.25) is 5.91 Å². The van der Waals surface area contributed by atoms with E-state index in [-0.39, 0.29) is 0 Å². The summed E-state index contributed by atoms with van der Waals surface area (Å²) in [6.45, 7) is 1.19. The molecule has 4 nitrogen and oxygen atoms in total. The molecule has 0 aliphatic rings. The molecule has 0 atom stereocenters. The number of ether oxygens (including phenoxy) is 1. The number of hydrogen-bond donors (Lipinski definition) is 1. The normalized spacial score (nSPS) is 10.6. The highest BCUT2D eigenvalue weighted by Crippen LogP contribution is 2.19. The number of benzene rings is 1. The molecule has 0 aliphatic carbocycles. The second-order valence-electron chi connectivity index (χ2n) is 5.06. The molecule has 2 aromatic heterocycles. The lowest BCUT2D eigenvalue weighted by Crippen LogP contribution is -2.10. The van der Waals surface area contributed by atoms with Gasteiger partial charge in [-0.2, -0.15) is 0 Å². The molecule has 1 amide bonds. The highest BCUT2D eigenvalue weighted by atomic mass is 32.1. The van der Waals surface area contributed by atoms with Crippen molar-refractivity contribution in [1.82, 2.24) is 4.98 Å². The molecular formula is C18H16N2O2S. The Hall–Kier alpha value is -2.50. The lowest BCUT2D eigenvalue weighted by molar-refractivity contribution is 0.1000. The van der Waals surface area contributed by atoms with Gasteiger partial charge < -0.3 is 10.5 Å². The van der Waals surface area contributed by atoms with Gasteiger partial charge in [0, 0.05) is 22.2 Å². The highest BCUT2D eigenvalue weighted by molar-refractivity contribution is 7.09. The number of nitrogens with two attached hydrogens (primary N) is 1. The van der Waals surface area contributed by atoms with Gasteiger partial charge in [-0.3, -0.25) is 9.78 Å². The summed E-state index contributed by atoms with van der Waals surface area (Å²) in [6, 6.07) is 15.3. The maximum atomic E-state index is 11.2. The van der Waals surface area contributed by atoms with Crippen LogP contribution in [0.5, 0.6) is 0 Å². The fourth-order valence-corrected chi connectivity index (χ4v) is 2.82. The van der Waals surface area contributed by atoms with Crippen LogP contribution in [0.15, 0.2) is 60.1 Å². The van der Waals surface area contributed by atoms with E-state index in [0.29, 0.717) is 18.8 Å². The summed E-state index contributed by atoms with van der Waals surface area (Å²) < 4.78 is 5.69. The van der Waals surface area contributed by atoms with E-state index in [1.54, 1.807) is 29.7 Å². The maximum Gasteiger partial charge on any atom is 0.248 e. The highest BCUT2D eigenvalue weighted by Gasteiger charge is 2.05. The molecule has 2 heterocycles. The molecule has 0 aliphatic heterocycles. The van der Waals surface area contributed by atoms with Crippen molar-refractivity contribution in [3.05, 3.63) is 76.1 Å². The zero-order valence-corrected chi connectivity index (χ0v) is 13.3. The number of primary amides is 1. The third-order valence-corrected chi connectivity index (χ3v) is 4.24.